The number of benzene rings is 1. The Morgan fingerprint density at radius 2 is 1.86 bits per heavy atom. The fraction of sp³-hybridized carbons (Fsp3) is 0.529. The quantitative estimate of drug-likeness (QED) is 0.888. The standard InChI is InChI=1S/C17H23BrN2O2/c1-11(2)17(22)20-10-4-5-15(20)16(21)19-12(3)13-6-8-14(18)9-7-13/h6-9,11-12,15H,4-5,10H2,1-3H3,(H,19,21)/t12-,15-/m1/s1. The first-order valence-electron chi connectivity index (χ1n) is 7.76. The van der Waals surface area contributed by atoms with Crippen LogP contribution in [0.4, 0.5) is 0 Å². The van der Waals surface area contributed by atoms with Gasteiger partial charge in [0.25, 0.3) is 0 Å². The zero-order valence-corrected chi connectivity index (χ0v) is 14.9. The Hall–Kier alpha value is -1.36. The first-order valence-corrected chi connectivity index (χ1v) is 8.55. The van der Waals surface area contributed by atoms with E-state index in [-0.39, 0.29) is 29.8 Å². The predicted octanol–water partition coefficient (Wildman–Crippen LogP) is 3.27. The van der Waals surface area contributed by atoms with Crippen LogP contribution >= 0.6 is 15.9 Å². The lowest BCUT2D eigenvalue weighted by Crippen LogP contribution is -2.47. The second kappa shape index (κ2) is 7.27. The summed E-state index contributed by atoms with van der Waals surface area (Å²) in [6.45, 7) is 6.40. The molecule has 2 amide bonds. The Bertz CT molecular complexity index is 542. The van der Waals surface area contributed by atoms with Crippen molar-refractivity contribution in [3.05, 3.63) is 34.3 Å². The summed E-state index contributed by atoms with van der Waals surface area (Å²) in [6.07, 6.45) is 1.64. The number of halogens is 1. The number of nitrogens with zero attached hydrogens (tertiary/aromatic N) is 1. The van der Waals surface area contributed by atoms with Gasteiger partial charge in [0.05, 0.1) is 6.04 Å². The average molecular weight is 367 g/mol. The van der Waals surface area contributed by atoms with Gasteiger partial charge in [0, 0.05) is 16.9 Å². The van der Waals surface area contributed by atoms with Gasteiger partial charge in [0.2, 0.25) is 11.8 Å². The third-order valence-corrected chi connectivity index (χ3v) is 4.59. The maximum Gasteiger partial charge on any atom is 0.243 e. The molecule has 0 unspecified atom stereocenters. The van der Waals surface area contributed by atoms with Gasteiger partial charge in [-0.05, 0) is 37.5 Å². The lowest BCUT2D eigenvalue weighted by molar-refractivity contribution is -0.141. The topological polar surface area (TPSA) is 49.4 Å². The molecule has 1 aromatic rings. The summed E-state index contributed by atoms with van der Waals surface area (Å²) in [5.74, 6) is -0.0619. The molecule has 0 spiro atoms. The number of nitrogens with one attached hydrogen (secondary N) is 1. The van der Waals surface area contributed by atoms with Crippen LogP contribution in [0, 0.1) is 5.92 Å². The highest BCUT2D eigenvalue weighted by Crippen LogP contribution is 2.22. The van der Waals surface area contributed by atoms with E-state index in [1.165, 1.54) is 0 Å². The first kappa shape index (κ1) is 17.0. The molecule has 2 atom stereocenters. The van der Waals surface area contributed by atoms with E-state index in [0.717, 1.165) is 22.9 Å². The second-order valence-electron chi connectivity index (χ2n) is 6.13. The van der Waals surface area contributed by atoms with Gasteiger partial charge in [-0.3, -0.25) is 9.59 Å². The number of carbonyl (C=O) groups excluding carboxylic acids is 2. The van der Waals surface area contributed by atoms with Gasteiger partial charge in [-0.2, -0.15) is 0 Å². The molecule has 1 fully saturated rings. The lowest BCUT2D eigenvalue weighted by atomic mass is 10.1. The van der Waals surface area contributed by atoms with Crippen LogP contribution in [-0.4, -0.2) is 29.3 Å². The maximum atomic E-state index is 12.5. The Labute approximate surface area is 140 Å². The van der Waals surface area contributed by atoms with Crippen molar-refractivity contribution in [2.24, 2.45) is 5.92 Å². The van der Waals surface area contributed by atoms with E-state index in [1.54, 1.807) is 4.90 Å². The van der Waals surface area contributed by atoms with Crippen LogP contribution in [0.3, 0.4) is 0 Å². The van der Waals surface area contributed by atoms with Gasteiger partial charge < -0.3 is 10.2 Å². The highest BCUT2D eigenvalue weighted by atomic mass is 79.9. The maximum absolute atomic E-state index is 12.5. The summed E-state index contributed by atoms with van der Waals surface area (Å²) in [7, 11) is 0. The molecule has 0 aromatic heterocycles. The molecule has 120 valence electrons. The van der Waals surface area contributed by atoms with Crippen molar-refractivity contribution in [2.75, 3.05) is 6.54 Å². The molecule has 0 radical (unpaired) electrons. The van der Waals surface area contributed by atoms with Crippen LogP contribution in [0.25, 0.3) is 0 Å². The molecule has 1 saturated heterocycles. The van der Waals surface area contributed by atoms with Gasteiger partial charge in [-0.25, -0.2) is 0 Å². The Morgan fingerprint density at radius 1 is 1.23 bits per heavy atom. The molecule has 1 aliphatic heterocycles. The molecule has 0 bridgehead atoms. The monoisotopic (exact) mass is 366 g/mol. The number of likely N-dealkylation sites (tertiary alicyclic amines) is 1. The van der Waals surface area contributed by atoms with Crippen LogP contribution in [0.1, 0.15) is 45.2 Å². The number of hydrogen-bond acceptors (Lipinski definition) is 2. The van der Waals surface area contributed by atoms with Crippen LogP contribution in [0.15, 0.2) is 28.7 Å². The van der Waals surface area contributed by atoms with Crippen molar-refractivity contribution < 1.29 is 9.59 Å². The Morgan fingerprint density at radius 3 is 2.45 bits per heavy atom. The third-order valence-electron chi connectivity index (χ3n) is 4.06. The molecule has 0 aliphatic carbocycles. The highest BCUT2D eigenvalue weighted by molar-refractivity contribution is 9.10. The molecule has 1 aliphatic rings. The number of amides is 2. The Kier molecular flexibility index (Phi) is 5.62. The number of rotatable bonds is 4. The van der Waals surface area contributed by atoms with Crippen molar-refractivity contribution in [1.29, 1.82) is 0 Å². The lowest BCUT2D eigenvalue weighted by Gasteiger charge is -2.27. The predicted molar refractivity (Wildman–Crippen MR) is 90.3 cm³/mol. The summed E-state index contributed by atoms with van der Waals surface area (Å²) in [6, 6.07) is 7.50. The van der Waals surface area contributed by atoms with E-state index in [0.29, 0.717) is 6.54 Å². The smallest absolute Gasteiger partial charge is 0.243 e. The molecular weight excluding hydrogens is 344 g/mol. The SMILES string of the molecule is CC(C)C(=O)N1CCC[C@@H]1C(=O)N[C@H](C)c1ccc(Br)cc1. The minimum Gasteiger partial charge on any atom is -0.348 e. The molecule has 1 aromatic carbocycles. The van der Waals surface area contributed by atoms with E-state index in [9.17, 15) is 9.59 Å². The van der Waals surface area contributed by atoms with Crippen LogP contribution < -0.4 is 5.32 Å². The van der Waals surface area contributed by atoms with Crippen molar-refractivity contribution in [3.8, 4) is 0 Å². The minimum absolute atomic E-state index is 0.0538. The van der Waals surface area contributed by atoms with E-state index >= 15 is 0 Å². The van der Waals surface area contributed by atoms with Crippen LogP contribution in [-0.2, 0) is 9.59 Å². The summed E-state index contributed by atoms with van der Waals surface area (Å²) < 4.78 is 1.01. The van der Waals surface area contributed by atoms with Gasteiger partial charge in [0.1, 0.15) is 6.04 Å². The van der Waals surface area contributed by atoms with Crippen molar-refractivity contribution >= 4 is 27.7 Å². The van der Waals surface area contributed by atoms with Gasteiger partial charge in [-0.15, -0.1) is 0 Å². The Balaban J connectivity index is 2.01. The molecule has 1 N–H and O–H groups in total. The summed E-state index contributed by atoms with van der Waals surface area (Å²) in [4.78, 5) is 26.4. The van der Waals surface area contributed by atoms with Gasteiger partial charge >= 0.3 is 0 Å². The van der Waals surface area contributed by atoms with Crippen LogP contribution in [0.2, 0.25) is 0 Å². The number of carbonyl (C=O) groups is 2. The molecule has 0 saturated carbocycles. The second-order valence-corrected chi connectivity index (χ2v) is 7.04. The van der Waals surface area contributed by atoms with Gasteiger partial charge in [-0.1, -0.05) is 41.9 Å². The van der Waals surface area contributed by atoms with Gasteiger partial charge in [0.15, 0.2) is 0 Å². The zero-order chi connectivity index (χ0) is 16.3. The van der Waals surface area contributed by atoms with E-state index in [1.807, 2.05) is 45.0 Å². The van der Waals surface area contributed by atoms with Crippen LogP contribution in [0.5, 0.6) is 0 Å². The molecule has 22 heavy (non-hydrogen) atoms. The average Bonchev–Trinajstić information content (AvgIpc) is 2.96. The largest absolute Gasteiger partial charge is 0.348 e. The van der Waals surface area contributed by atoms with Crippen molar-refractivity contribution in [3.63, 3.8) is 0 Å². The summed E-state index contributed by atoms with van der Waals surface area (Å²) in [5.41, 5.74) is 1.05. The minimum atomic E-state index is -0.326. The van der Waals surface area contributed by atoms with E-state index in [4.69, 9.17) is 0 Å². The molecular formula is C17H23BrN2O2. The third kappa shape index (κ3) is 3.88. The fourth-order valence-corrected chi connectivity index (χ4v) is 3.04. The molecule has 4 nitrogen and oxygen atoms in total. The molecule has 1 heterocycles. The zero-order valence-electron chi connectivity index (χ0n) is 13.3. The van der Waals surface area contributed by atoms with Crippen molar-refractivity contribution in [1.82, 2.24) is 10.2 Å². The summed E-state index contributed by atoms with van der Waals surface area (Å²) in [5, 5.41) is 3.03. The molecule has 2 rings (SSSR count). The normalized spacial score (nSPS) is 19.3. The fourth-order valence-electron chi connectivity index (χ4n) is 2.78. The summed E-state index contributed by atoms with van der Waals surface area (Å²) >= 11 is 3.41. The van der Waals surface area contributed by atoms with E-state index in [2.05, 4.69) is 21.2 Å². The number of hydrogen-bond donors (Lipinski definition) is 1. The van der Waals surface area contributed by atoms with E-state index < -0.39 is 0 Å². The molecule has 5 heteroatoms. The van der Waals surface area contributed by atoms with Crippen molar-refractivity contribution in [2.45, 2.75) is 45.7 Å². The highest BCUT2D eigenvalue weighted by Gasteiger charge is 2.35. The first-order chi connectivity index (χ1) is 10.4.